The summed E-state index contributed by atoms with van der Waals surface area (Å²) in [7, 11) is 0. The van der Waals surface area contributed by atoms with Crippen LogP contribution in [0, 0.1) is 5.92 Å². The molecule has 1 aliphatic heterocycles. The number of phenols is 1. The van der Waals surface area contributed by atoms with Crippen LogP contribution in [0.5, 0.6) is 5.75 Å². The second-order valence-corrected chi connectivity index (χ2v) is 5.88. The lowest BCUT2D eigenvalue weighted by Crippen LogP contribution is -2.25. The van der Waals surface area contributed by atoms with Gasteiger partial charge in [-0.05, 0) is 61.4 Å². The van der Waals surface area contributed by atoms with Gasteiger partial charge in [0.1, 0.15) is 5.75 Å². The zero-order valence-corrected chi connectivity index (χ0v) is 11.2. The molecule has 18 heavy (non-hydrogen) atoms. The van der Waals surface area contributed by atoms with Crippen LogP contribution in [0.15, 0.2) is 18.2 Å². The summed E-state index contributed by atoms with van der Waals surface area (Å²) in [6.07, 6.45) is 6.43. The maximum Gasteiger partial charge on any atom is 0.115 e. The first-order valence-electron chi connectivity index (χ1n) is 7.33. The topological polar surface area (TPSA) is 23.5 Å². The van der Waals surface area contributed by atoms with E-state index in [9.17, 15) is 5.11 Å². The third-order valence-electron chi connectivity index (χ3n) is 4.63. The summed E-state index contributed by atoms with van der Waals surface area (Å²) in [5, 5.41) is 9.55. The van der Waals surface area contributed by atoms with Crippen LogP contribution in [0.4, 0.5) is 0 Å². The van der Waals surface area contributed by atoms with Crippen LogP contribution < -0.4 is 0 Å². The first-order valence-corrected chi connectivity index (χ1v) is 7.33. The molecule has 0 saturated carbocycles. The Balaban J connectivity index is 1.73. The highest BCUT2D eigenvalue weighted by atomic mass is 16.3. The molecular weight excluding hydrogens is 222 g/mol. The molecule has 0 bridgehead atoms. The second-order valence-electron chi connectivity index (χ2n) is 5.88. The van der Waals surface area contributed by atoms with Crippen molar-refractivity contribution < 1.29 is 5.11 Å². The Bertz CT molecular complexity index is 429. The molecule has 1 aromatic rings. The van der Waals surface area contributed by atoms with Crippen molar-refractivity contribution in [2.45, 2.75) is 45.1 Å². The minimum Gasteiger partial charge on any atom is -0.508 e. The van der Waals surface area contributed by atoms with Gasteiger partial charge in [-0.15, -0.1) is 0 Å². The first-order chi connectivity index (χ1) is 8.78. The Morgan fingerprint density at radius 2 is 2.22 bits per heavy atom. The number of fused-ring (bicyclic) bond motifs is 1. The number of benzene rings is 1. The number of hydrogen-bond acceptors (Lipinski definition) is 2. The van der Waals surface area contributed by atoms with E-state index in [-0.39, 0.29) is 0 Å². The fourth-order valence-corrected chi connectivity index (χ4v) is 3.75. The average molecular weight is 245 g/mol. The summed E-state index contributed by atoms with van der Waals surface area (Å²) in [6, 6.07) is 6.55. The van der Waals surface area contributed by atoms with E-state index in [4.69, 9.17) is 0 Å². The number of rotatable bonds is 3. The van der Waals surface area contributed by atoms with Crippen LogP contribution in [0.1, 0.15) is 49.8 Å². The van der Waals surface area contributed by atoms with Gasteiger partial charge in [-0.25, -0.2) is 0 Å². The molecule has 0 amide bonds. The molecule has 0 radical (unpaired) electrons. The summed E-state index contributed by atoms with van der Waals surface area (Å²) in [6.45, 7) is 4.82. The van der Waals surface area contributed by atoms with Gasteiger partial charge in [0.2, 0.25) is 0 Å². The SMILES string of the molecule is CCCC1CCN(C2CCc3cc(O)ccc32)C1. The Labute approximate surface area is 110 Å². The molecule has 0 aromatic heterocycles. The molecule has 2 aliphatic rings. The molecule has 98 valence electrons. The lowest BCUT2D eigenvalue weighted by Gasteiger charge is -2.25. The minimum absolute atomic E-state index is 0.416. The minimum atomic E-state index is 0.416. The van der Waals surface area contributed by atoms with Gasteiger partial charge >= 0.3 is 0 Å². The molecule has 3 rings (SSSR count). The zero-order valence-electron chi connectivity index (χ0n) is 11.2. The summed E-state index contributed by atoms with van der Waals surface area (Å²) in [4.78, 5) is 2.67. The number of nitrogens with zero attached hydrogens (tertiary/aromatic N) is 1. The van der Waals surface area contributed by atoms with Crippen LogP contribution in [-0.2, 0) is 6.42 Å². The van der Waals surface area contributed by atoms with Crippen molar-refractivity contribution in [1.82, 2.24) is 4.90 Å². The summed E-state index contributed by atoms with van der Waals surface area (Å²) < 4.78 is 0. The first kappa shape index (κ1) is 12.0. The smallest absolute Gasteiger partial charge is 0.115 e. The molecule has 2 nitrogen and oxygen atoms in total. The Kier molecular flexibility index (Phi) is 3.29. The number of likely N-dealkylation sites (tertiary alicyclic amines) is 1. The van der Waals surface area contributed by atoms with Crippen LogP contribution in [0.25, 0.3) is 0 Å². The van der Waals surface area contributed by atoms with E-state index in [0.717, 1.165) is 12.3 Å². The van der Waals surface area contributed by atoms with Gasteiger partial charge in [-0.1, -0.05) is 19.4 Å². The lowest BCUT2D eigenvalue weighted by atomic mass is 10.0. The van der Waals surface area contributed by atoms with Gasteiger partial charge in [0.15, 0.2) is 0 Å². The van der Waals surface area contributed by atoms with E-state index in [1.54, 1.807) is 0 Å². The van der Waals surface area contributed by atoms with Gasteiger partial charge in [0.25, 0.3) is 0 Å². The Morgan fingerprint density at radius 1 is 1.33 bits per heavy atom. The third-order valence-corrected chi connectivity index (χ3v) is 4.63. The van der Waals surface area contributed by atoms with E-state index in [0.29, 0.717) is 11.8 Å². The van der Waals surface area contributed by atoms with Crippen LogP contribution in [-0.4, -0.2) is 23.1 Å². The summed E-state index contributed by atoms with van der Waals surface area (Å²) in [5.41, 5.74) is 2.82. The molecule has 1 heterocycles. The Morgan fingerprint density at radius 3 is 3.06 bits per heavy atom. The van der Waals surface area contributed by atoms with Crippen molar-refractivity contribution in [2.75, 3.05) is 13.1 Å². The number of hydrogen-bond donors (Lipinski definition) is 1. The normalized spacial score (nSPS) is 27.6. The van der Waals surface area contributed by atoms with Crippen molar-refractivity contribution in [2.24, 2.45) is 5.92 Å². The van der Waals surface area contributed by atoms with E-state index >= 15 is 0 Å². The molecular formula is C16H23NO. The van der Waals surface area contributed by atoms with Gasteiger partial charge in [-0.2, -0.15) is 0 Å². The molecule has 2 heteroatoms. The number of phenolic OH excluding ortho intramolecular Hbond substituents is 1. The predicted octanol–water partition coefficient (Wildman–Crippen LogP) is 3.50. The second kappa shape index (κ2) is 4.93. The predicted molar refractivity (Wildman–Crippen MR) is 73.8 cm³/mol. The zero-order chi connectivity index (χ0) is 12.5. The van der Waals surface area contributed by atoms with Gasteiger partial charge in [0, 0.05) is 12.6 Å². The van der Waals surface area contributed by atoms with E-state index < -0.39 is 0 Å². The molecule has 1 fully saturated rings. The van der Waals surface area contributed by atoms with Crippen molar-refractivity contribution >= 4 is 0 Å². The molecule has 1 saturated heterocycles. The van der Waals surface area contributed by atoms with Crippen LogP contribution >= 0.6 is 0 Å². The molecule has 1 N–H and O–H groups in total. The quantitative estimate of drug-likeness (QED) is 0.881. The molecule has 1 aromatic carbocycles. The van der Waals surface area contributed by atoms with E-state index in [1.165, 1.54) is 49.9 Å². The highest BCUT2D eigenvalue weighted by Crippen LogP contribution is 2.40. The van der Waals surface area contributed by atoms with Crippen molar-refractivity contribution in [1.29, 1.82) is 0 Å². The Hall–Kier alpha value is -1.02. The monoisotopic (exact) mass is 245 g/mol. The standard InChI is InChI=1S/C16H23NO/c1-2-3-12-8-9-17(11-12)16-7-4-13-10-14(18)5-6-15(13)16/h5-6,10,12,16,18H,2-4,7-9,11H2,1H3. The van der Waals surface area contributed by atoms with E-state index in [2.05, 4.69) is 17.9 Å². The number of aryl methyl sites for hydroxylation is 1. The van der Waals surface area contributed by atoms with Gasteiger partial charge in [-0.3, -0.25) is 4.90 Å². The van der Waals surface area contributed by atoms with Gasteiger partial charge < -0.3 is 5.11 Å². The van der Waals surface area contributed by atoms with Gasteiger partial charge in [0.05, 0.1) is 0 Å². The highest BCUT2D eigenvalue weighted by molar-refractivity contribution is 5.40. The average Bonchev–Trinajstić information content (AvgIpc) is 2.95. The maximum absolute atomic E-state index is 9.55. The summed E-state index contributed by atoms with van der Waals surface area (Å²) >= 11 is 0. The summed E-state index contributed by atoms with van der Waals surface area (Å²) in [5.74, 6) is 1.33. The molecule has 2 atom stereocenters. The van der Waals surface area contributed by atoms with Crippen molar-refractivity contribution in [3.8, 4) is 5.75 Å². The van der Waals surface area contributed by atoms with Crippen LogP contribution in [0.2, 0.25) is 0 Å². The largest absolute Gasteiger partial charge is 0.508 e. The highest BCUT2D eigenvalue weighted by Gasteiger charge is 2.32. The molecule has 0 spiro atoms. The lowest BCUT2D eigenvalue weighted by molar-refractivity contribution is 0.234. The van der Waals surface area contributed by atoms with E-state index in [1.807, 2.05) is 12.1 Å². The number of aromatic hydroxyl groups is 1. The maximum atomic E-state index is 9.55. The van der Waals surface area contributed by atoms with Crippen molar-refractivity contribution in [3.05, 3.63) is 29.3 Å². The fraction of sp³-hybridized carbons (Fsp3) is 0.625. The van der Waals surface area contributed by atoms with Crippen LogP contribution in [0.3, 0.4) is 0 Å². The fourth-order valence-electron chi connectivity index (χ4n) is 3.75. The van der Waals surface area contributed by atoms with Crippen molar-refractivity contribution in [3.63, 3.8) is 0 Å². The molecule has 2 unspecified atom stereocenters. The third kappa shape index (κ3) is 2.14. The molecule has 1 aliphatic carbocycles.